The van der Waals surface area contributed by atoms with Crippen molar-refractivity contribution in [2.75, 3.05) is 13.2 Å². The van der Waals surface area contributed by atoms with E-state index in [4.69, 9.17) is 21.3 Å². The molecule has 0 aliphatic heterocycles. The Morgan fingerprint density at radius 2 is 1.82 bits per heavy atom. The first-order valence-corrected chi connectivity index (χ1v) is 5.43. The number of hydrogen-bond acceptors (Lipinski definition) is 5. The molecule has 0 amide bonds. The van der Waals surface area contributed by atoms with Crippen LogP contribution in [0, 0.1) is 0 Å². The van der Waals surface area contributed by atoms with E-state index in [1.165, 1.54) is 12.2 Å². The van der Waals surface area contributed by atoms with Crippen LogP contribution in [0.1, 0.15) is 12.8 Å². The fourth-order valence-corrected chi connectivity index (χ4v) is 1.14. The molecule has 0 bridgehead atoms. The fourth-order valence-electron chi connectivity index (χ4n) is 0.945. The molecule has 0 aliphatic rings. The van der Waals surface area contributed by atoms with E-state index < -0.39 is 18.0 Å². The molecule has 0 heterocycles. The lowest BCUT2D eigenvalue weighted by Gasteiger charge is -2.12. The summed E-state index contributed by atoms with van der Waals surface area (Å²) >= 11 is 5.38. The van der Waals surface area contributed by atoms with Gasteiger partial charge in [-0.3, -0.25) is 9.59 Å². The third-order valence-corrected chi connectivity index (χ3v) is 2.02. The Morgan fingerprint density at radius 3 is 2.35 bits per heavy atom. The molecule has 0 aliphatic carbocycles. The minimum atomic E-state index is -0.743. The highest BCUT2D eigenvalue weighted by molar-refractivity contribution is 6.14. The van der Waals surface area contributed by atoms with Crippen molar-refractivity contribution in [3.63, 3.8) is 0 Å². The van der Waals surface area contributed by atoms with Crippen molar-refractivity contribution in [1.82, 2.24) is 4.84 Å². The van der Waals surface area contributed by atoms with E-state index in [0.29, 0.717) is 0 Å². The highest BCUT2D eigenvalue weighted by Crippen LogP contribution is 2.03. The van der Waals surface area contributed by atoms with Gasteiger partial charge in [-0.25, -0.2) is 4.84 Å². The van der Waals surface area contributed by atoms with Gasteiger partial charge in [0.05, 0.1) is 0 Å². The summed E-state index contributed by atoms with van der Waals surface area (Å²) in [4.78, 5) is 24.8. The minimum absolute atomic E-state index is 0.0708. The normalized spacial score (nSPS) is 11.4. The number of ether oxygens (including phenoxy) is 2. The van der Waals surface area contributed by atoms with Gasteiger partial charge in [0, 0.05) is 6.42 Å². The van der Waals surface area contributed by atoms with Crippen LogP contribution in [0.15, 0.2) is 25.3 Å². The first-order chi connectivity index (χ1) is 8.15. The van der Waals surface area contributed by atoms with E-state index in [9.17, 15) is 9.59 Å². The standard InChI is InChI=1S/C11H16ClNO4/c1-3-7-16-10(14)6-5-9(13-12)11(15)17-8-4-2/h3-4,9,13H,1-2,5-8H2. The van der Waals surface area contributed by atoms with Crippen LogP contribution in [0.5, 0.6) is 0 Å². The van der Waals surface area contributed by atoms with Gasteiger partial charge in [0.15, 0.2) is 0 Å². The van der Waals surface area contributed by atoms with Crippen LogP contribution >= 0.6 is 11.8 Å². The monoisotopic (exact) mass is 261 g/mol. The molecule has 0 aromatic heterocycles. The molecule has 0 spiro atoms. The quantitative estimate of drug-likeness (QED) is 0.385. The molecule has 6 heteroatoms. The van der Waals surface area contributed by atoms with Crippen molar-refractivity contribution in [3.05, 3.63) is 25.3 Å². The second-order valence-electron chi connectivity index (χ2n) is 3.09. The van der Waals surface area contributed by atoms with E-state index in [1.54, 1.807) is 0 Å². The van der Waals surface area contributed by atoms with E-state index >= 15 is 0 Å². The van der Waals surface area contributed by atoms with Crippen LogP contribution in [-0.4, -0.2) is 31.2 Å². The molecule has 0 aromatic rings. The third-order valence-electron chi connectivity index (χ3n) is 1.76. The zero-order valence-electron chi connectivity index (χ0n) is 9.49. The predicted octanol–water partition coefficient (Wildman–Crippen LogP) is 1.34. The average Bonchev–Trinajstić information content (AvgIpc) is 2.34. The Balaban J connectivity index is 3.95. The maximum Gasteiger partial charge on any atom is 0.324 e. The van der Waals surface area contributed by atoms with Crippen molar-refractivity contribution in [3.8, 4) is 0 Å². The summed E-state index contributed by atoms with van der Waals surface area (Å²) in [6.07, 6.45) is 3.19. The lowest BCUT2D eigenvalue weighted by Crippen LogP contribution is -2.33. The van der Waals surface area contributed by atoms with Crippen LogP contribution in [0.3, 0.4) is 0 Å². The van der Waals surface area contributed by atoms with Crippen LogP contribution in [-0.2, 0) is 19.1 Å². The summed E-state index contributed by atoms with van der Waals surface area (Å²) in [5.41, 5.74) is 0. The summed E-state index contributed by atoms with van der Waals surface area (Å²) in [7, 11) is 0. The molecule has 5 nitrogen and oxygen atoms in total. The second-order valence-corrected chi connectivity index (χ2v) is 3.31. The van der Waals surface area contributed by atoms with E-state index in [-0.39, 0.29) is 26.1 Å². The number of esters is 2. The molecule has 0 radical (unpaired) electrons. The van der Waals surface area contributed by atoms with E-state index in [2.05, 4.69) is 18.0 Å². The summed E-state index contributed by atoms with van der Waals surface area (Å²) in [5, 5.41) is 0. The van der Waals surface area contributed by atoms with Gasteiger partial charge in [0.2, 0.25) is 0 Å². The molecule has 1 atom stereocenters. The molecule has 0 saturated carbocycles. The Kier molecular flexibility index (Phi) is 9.09. The largest absolute Gasteiger partial charge is 0.461 e. The predicted molar refractivity (Wildman–Crippen MR) is 64.3 cm³/mol. The average molecular weight is 262 g/mol. The molecule has 0 aromatic carbocycles. The van der Waals surface area contributed by atoms with Gasteiger partial charge in [-0.1, -0.05) is 25.3 Å². The van der Waals surface area contributed by atoms with Crippen molar-refractivity contribution in [2.24, 2.45) is 0 Å². The van der Waals surface area contributed by atoms with Crippen molar-refractivity contribution in [2.45, 2.75) is 18.9 Å². The Hall–Kier alpha value is -1.33. The van der Waals surface area contributed by atoms with Gasteiger partial charge >= 0.3 is 11.9 Å². The zero-order valence-corrected chi connectivity index (χ0v) is 10.2. The van der Waals surface area contributed by atoms with Crippen molar-refractivity contribution >= 4 is 23.7 Å². The molecular weight excluding hydrogens is 246 g/mol. The number of hydrogen-bond donors (Lipinski definition) is 1. The molecule has 17 heavy (non-hydrogen) atoms. The summed E-state index contributed by atoms with van der Waals surface area (Å²) < 4.78 is 9.54. The number of nitrogens with one attached hydrogen (secondary N) is 1. The van der Waals surface area contributed by atoms with Gasteiger partial charge < -0.3 is 9.47 Å². The van der Waals surface area contributed by atoms with Crippen molar-refractivity contribution < 1.29 is 19.1 Å². The molecule has 0 rings (SSSR count). The van der Waals surface area contributed by atoms with Crippen LogP contribution < -0.4 is 4.84 Å². The lowest BCUT2D eigenvalue weighted by molar-refractivity contribution is -0.145. The number of carbonyl (C=O) groups excluding carboxylic acids is 2. The van der Waals surface area contributed by atoms with E-state index in [1.807, 2.05) is 0 Å². The Bertz CT molecular complexity index is 281. The molecule has 96 valence electrons. The van der Waals surface area contributed by atoms with Crippen LogP contribution in [0.25, 0.3) is 0 Å². The van der Waals surface area contributed by atoms with Crippen LogP contribution in [0.4, 0.5) is 0 Å². The van der Waals surface area contributed by atoms with Crippen LogP contribution in [0.2, 0.25) is 0 Å². The maximum atomic E-state index is 11.4. The number of halogens is 1. The molecular formula is C11H16ClNO4. The molecule has 1 N–H and O–H groups in total. The SMILES string of the molecule is C=CCOC(=O)CCC(NCl)C(=O)OCC=C. The molecule has 1 unspecified atom stereocenters. The minimum Gasteiger partial charge on any atom is -0.461 e. The smallest absolute Gasteiger partial charge is 0.324 e. The topological polar surface area (TPSA) is 64.6 Å². The molecule has 0 saturated heterocycles. The van der Waals surface area contributed by atoms with Gasteiger partial charge in [0.1, 0.15) is 19.3 Å². The zero-order chi connectivity index (χ0) is 13.1. The molecule has 0 fully saturated rings. The highest BCUT2D eigenvalue weighted by atomic mass is 35.5. The lowest BCUT2D eigenvalue weighted by atomic mass is 10.2. The maximum absolute atomic E-state index is 11.4. The van der Waals surface area contributed by atoms with Crippen molar-refractivity contribution in [1.29, 1.82) is 0 Å². The first kappa shape index (κ1) is 15.7. The summed E-state index contributed by atoms with van der Waals surface area (Å²) in [5.74, 6) is -0.949. The number of rotatable bonds is 9. The third kappa shape index (κ3) is 7.54. The van der Waals surface area contributed by atoms with Gasteiger partial charge in [-0.15, -0.1) is 0 Å². The highest BCUT2D eigenvalue weighted by Gasteiger charge is 2.20. The van der Waals surface area contributed by atoms with E-state index in [0.717, 1.165) is 0 Å². The Morgan fingerprint density at radius 1 is 1.24 bits per heavy atom. The summed E-state index contributed by atoms with van der Waals surface area (Å²) in [6.45, 7) is 7.08. The number of carbonyl (C=O) groups is 2. The van der Waals surface area contributed by atoms with Gasteiger partial charge in [-0.05, 0) is 18.2 Å². The fraction of sp³-hybridized carbons (Fsp3) is 0.455. The Labute approximate surface area is 106 Å². The van der Waals surface area contributed by atoms with Gasteiger partial charge in [0.25, 0.3) is 0 Å². The first-order valence-electron chi connectivity index (χ1n) is 5.05. The second kappa shape index (κ2) is 9.86. The summed E-state index contributed by atoms with van der Waals surface area (Å²) in [6, 6.07) is -0.743. The van der Waals surface area contributed by atoms with Gasteiger partial charge in [-0.2, -0.15) is 0 Å².